The van der Waals surface area contributed by atoms with Gasteiger partial charge in [-0.3, -0.25) is 0 Å². The molecule has 0 unspecified atom stereocenters. The van der Waals surface area contributed by atoms with Crippen molar-refractivity contribution < 1.29 is 31.2 Å². The Bertz CT molecular complexity index is 1270. The number of hydrogen-bond acceptors (Lipinski definition) is 8. The molecule has 0 aliphatic carbocycles. The van der Waals surface area contributed by atoms with E-state index in [0.717, 1.165) is 12.1 Å². The summed E-state index contributed by atoms with van der Waals surface area (Å²) in [5, 5.41) is 6.43. The summed E-state index contributed by atoms with van der Waals surface area (Å²) < 4.78 is 61.9. The van der Waals surface area contributed by atoms with Crippen molar-refractivity contribution >= 4 is 50.6 Å². The summed E-state index contributed by atoms with van der Waals surface area (Å²) >= 11 is 5.95. The molecule has 0 bridgehead atoms. The van der Waals surface area contributed by atoms with Gasteiger partial charge >= 0.3 is 12.1 Å². The third kappa shape index (κ3) is 6.31. The molecule has 2 aromatic carbocycles. The average molecular weight is 502 g/mol. The summed E-state index contributed by atoms with van der Waals surface area (Å²) in [6, 6.07) is 13.6. The SMILES string of the molecule is CN(OC(=O)C(F)(F)F)S(=O)(=O)c1cccc(Nc2cc(Nc3cccc(Cl)c3)ncn2)c1. The fourth-order valence-corrected chi connectivity index (χ4v) is 3.64. The number of carbonyl (C=O) groups is 1. The Morgan fingerprint density at radius 1 is 1.00 bits per heavy atom. The smallest absolute Gasteiger partial charge is 0.345 e. The lowest BCUT2D eigenvalue weighted by molar-refractivity contribution is -0.219. The number of benzene rings is 2. The van der Waals surface area contributed by atoms with Gasteiger partial charge in [-0.15, -0.1) is 0 Å². The number of anilines is 4. The molecular weight excluding hydrogens is 487 g/mol. The third-order valence-corrected chi connectivity index (χ3v) is 5.79. The van der Waals surface area contributed by atoms with Crippen LogP contribution in [-0.2, 0) is 19.7 Å². The van der Waals surface area contributed by atoms with Gasteiger partial charge in [0.2, 0.25) is 0 Å². The van der Waals surface area contributed by atoms with Crippen LogP contribution in [0.3, 0.4) is 0 Å². The van der Waals surface area contributed by atoms with E-state index in [0.29, 0.717) is 29.4 Å². The first-order valence-corrected chi connectivity index (χ1v) is 10.8. The van der Waals surface area contributed by atoms with Crippen LogP contribution in [-0.4, -0.2) is 42.0 Å². The van der Waals surface area contributed by atoms with E-state index < -0.39 is 27.1 Å². The van der Waals surface area contributed by atoms with Gasteiger partial charge in [0, 0.05) is 29.5 Å². The number of rotatable bonds is 7. The number of halogens is 4. The maximum absolute atomic E-state index is 12.5. The molecule has 0 aliphatic heterocycles. The predicted molar refractivity (Wildman–Crippen MR) is 114 cm³/mol. The Kier molecular flexibility index (Phi) is 7.05. The minimum atomic E-state index is -5.35. The van der Waals surface area contributed by atoms with Crippen molar-refractivity contribution in [1.82, 2.24) is 14.4 Å². The van der Waals surface area contributed by atoms with Crippen LogP contribution in [0.2, 0.25) is 5.02 Å². The fourth-order valence-electron chi connectivity index (χ4n) is 2.46. The van der Waals surface area contributed by atoms with E-state index in [1.807, 2.05) is 0 Å². The lowest BCUT2D eigenvalue weighted by atomic mass is 10.3. The van der Waals surface area contributed by atoms with Crippen molar-refractivity contribution in [3.8, 4) is 0 Å². The Labute approximate surface area is 191 Å². The highest BCUT2D eigenvalue weighted by Crippen LogP contribution is 2.25. The summed E-state index contributed by atoms with van der Waals surface area (Å²) in [6.45, 7) is 0. The summed E-state index contributed by atoms with van der Waals surface area (Å²) in [6.07, 6.45) is -4.09. The molecule has 0 saturated heterocycles. The molecule has 33 heavy (non-hydrogen) atoms. The van der Waals surface area contributed by atoms with Crippen LogP contribution in [0.15, 0.2) is 65.8 Å². The number of aromatic nitrogens is 2. The number of sulfonamides is 1. The van der Waals surface area contributed by atoms with E-state index in [1.54, 1.807) is 30.3 Å². The van der Waals surface area contributed by atoms with Gasteiger partial charge in [-0.05, 0) is 40.9 Å². The number of hydroxylamine groups is 1. The lowest BCUT2D eigenvalue weighted by Gasteiger charge is -2.17. The van der Waals surface area contributed by atoms with Crippen LogP contribution in [0.25, 0.3) is 0 Å². The molecule has 0 aliphatic rings. The van der Waals surface area contributed by atoms with Crippen molar-refractivity contribution in [2.24, 2.45) is 0 Å². The van der Waals surface area contributed by atoms with Crippen molar-refractivity contribution in [3.63, 3.8) is 0 Å². The molecule has 2 N–H and O–H groups in total. The molecule has 0 fully saturated rings. The van der Waals surface area contributed by atoms with Crippen molar-refractivity contribution in [2.75, 3.05) is 17.7 Å². The van der Waals surface area contributed by atoms with E-state index in [4.69, 9.17) is 11.6 Å². The van der Waals surface area contributed by atoms with Gasteiger partial charge in [0.15, 0.2) is 0 Å². The van der Waals surface area contributed by atoms with Crippen LogP contribution in [0.5, 0.6) is 0 Å². The highest BCUT2D eigenvalue weighted by molar-refractivity contribution is 7.89. The van der Waals surface area contributed by atoms with Crippen LogP contribution in [0.4, 0.5) is 36.2 Å². The van der Waals surface area contributed by atoms with Crippen molar-refractivity contribution in [2.45, 2.75) is 11.1 Å². The number of alkyl halides is 3. The fraction of sp³-hybridized carbons (Fsp3) is 0.105. The zero-order valence-electron chi connectivity index (χ0n) is 16.7. The van der Waals surface area contributed by atoms with E-state index in [2.05, 4.69) is 25.4 Å². The minimum absolute atomic E-state index is 0.153. The molecule has 3 aromatic rings. The quantitative estimate of drug-likeness (QED) is 0.462. The summed E-state index contributed by atoms with van der Waals surface area (Å²) in [5.41, 5.74) is 0.927. The van der Waals surface area contributed by atoms with Crippen LogP contribution < -0.4 is 10.6 Å². The van der Waals surface area contributed by atoms with Gasteiger partial charge in [0.1, 0.15) is 18.0 Å². The second-order valence-corrected chi connectivity index (χ2v) is 8.74. The first-order chi connectivity index (χ1) is 15.4. The Balaban J connectivity index is 1.77. The van der Waals surface area contributed by atoms with Crippen LogP contribution >= 0.6 is 11.6 Å². The van der Waals surface area contributed by atoms with Gasteiger partial charge in [-0.1, -0.05) is 23.7 Å². The first-order valence-electron chi connectivity index (χ1n) is 8.95. The topological polar surface area (TPSA) is 114 Å². The molecule has 0 saturated carbocycles. The number of carbonyl (C=O) groups excluding carboxylic acids is 1. The van der Waals surface area contributed by atoms with Crippen molar-refractivity contribution in [3.05, 3.63) is 65.9 Å². The molecule has 1 aromatic heterocycles. The molecule has 14 heteroatoms. The van der Waals surface area contributed by atoms with Gasteiger partial charge in [-0.2, -0.15) is 13.2 Å². The van der Waals surface area contributed by atoms with Crippen molar-refractivity contribution in [1.29, 1.82) is 0 Å². The molecule has 0 atom stereocenters. The second kappa shape index (κ2) is 9.60. The van der Waals surface area contributed by atoms with Gasteiger partial charge in [0.25, 0.3) is 10.0 Å². The molecule has 0 amide bonds. The normalized spacial score (nSPS) is 11.8. The van der Waals surface area contributed by atoms with E-state index in [-0.39, 0.29) is 10.2 Å². The molecule has 9 nitrogen and oxygen atoms in total. The largest absolute Gasteiger partial charge is 0.492 e. The number of nitrogens with one attached hydrogen (secondary N) is 2. The van der Waals surface area contributed by atoms with E-state index >= 15 is 0 Å². The molecule has 0 spiro atoms. The predicted octanol–water partition coefficient (Wildman–Crippen LogP) is 4.26. The van der Waals surface area contributed by atoms with Crippen LogP contribution in [0, 0.1) is 0 Å². The second-order valence-electron chi connectivity index (χ2n) is 6.37. The molecule has 0 radical (unpaired) electrons. The standard InChI is InChI=1S/C19H15ClF3N5O4S/c1-28(32-18(29)19(21,22)23)33(30,31)15-7-3-6-14(9-15)27-17-10-16(24-11-25-17)26-13-5-2-4-12(20)8-13/h2-11H,1H3,(H2,24,25,26,27). The van der Waals surface area contributed by atoms with E-state index in [1.165, 1.54) is 18.5 Å². The maximum Gasteiger partial charge on any atom is 0.492 e. The molecule has 3 rings (SSSR count). The van der Waals surface area contributed by atoms with Gasteiger partial charge in [-0.25, -0.2) is 23.2 Å². The summed E-state index contributed by atoms with van der Waals surface area (Å²) in [7, 11) is -3.89. The first kappa shape index (κ1) is 24.2. The van der Waals surface area contributed by atoms with E-state index in [9.17, 15) is 26.4 Å². The highest BCUT2D eigenvalue weighted by Gasteiger charge is 2.43. The minimum Gasteiger partial charge on any atom is -0.345 e. The van der Waals surface area contributed by atoms with Gasteiger partial charge in [0.05, 0.1) is 4.90 Å². The van der Waals surface area contributed by atoms with Gasteiger partial charge < -0.3 is 15.5 Å². The Hall–Kier alpha value is -3.42. The Morgan fingerprint density at radius 3 is 2.15 bits per heavy atom. The Morgan fingerprint density at radius 2 is 1.58 bits per heavy atom. The summed E-state index contributed by atoms with van der Waals surface area (Å²) in [5.74, 6) is -1.96. The monoisotopic (exact) mass is 501 g/mol. The third-order valence-electron chi connectivity index (χ3n) is 3.95. The molecule has 174 valence electrons. The zero-order chi connectivity index (χ0) is 24.2. The lowest BCUT2D eigenvalue weighted by Crippen LogP contribution is -2.36. The average Bonchev–Trinajstić information content (AvgIpc) is 2.73. The maximum atomic E-state index is 12.5. The summed E-state index contributed by atoms with van der Waals surface area (Å²) in [4.78, 5) is 22.6. The zero-order valence-corrected chi connectivity index (χ0v) is 18.2. The molecular formula is C19H15ClF3N5O4S. The highest BCUT2D eigenvalue weighted by atomic mass is 35.5. The number of hydrogen-bond donors (Lipinski definition) is 2. The van der Waals surface area contributed by atoms with Crippen LogP contribution in [0.1, 0.15) is 0 Å². The number of nitrogens with zero attached hydrogens (tertiary/aromatic N) is 3. The molecule has 1 heterocycles.